The lowest BCUT2D eigenvalue weighted by atomic mass is 10.1. The zero-order valence-electron chi connectivity index (χ0n) is 12.6. The van der Waals surface area contributed by atoms with Crippen LogP contribution in [-0.4, -0.2) is 24.1 Å². The van der Waals surface area contributed by atoms with Gasteiger partial charge in [0, 0.05) is 6.21 Å². The standard InChI is InChI=1S/C17H11F2N3O3/c18-10-5-7-11(8-6-10)20-9-12-15(23)21-17(25)22(16(12)24)14-4-2-1-3-13(14)19/h1-9,12H,(H,21,23,25)/t12-/m0/s1. The van der Waals surface area contributed by atoms with Crippen molar-refractivity contribution in [1.29, 1.82) is 0 Å². The van der Waals surface area contributed by atoms with Crippen LogP contribution in [0.5, 0.6) is 0 Å². The molecule has 8 heteroatoms. The summed E-state index contributed by atoms with van der Waals surface area (Å²) in [6, 6.07) is 9.22. The Balaban J connectivity index is 1.90. The van der Waals surface area contributed by atoms with E-state index in [1.165, 1.54) is 42.5 Å². The molecule has 1 aliphatic rings. The number of anilines is 1. The van der Waals surface area contributed by atoms with E-state index in [4.69, 9.17) is 0 Å². The fourth-order valence-corrected chi connectivity index (χ4v) is 2.27. The van der Waals surface area contributed by atoms with E-state index >= 15 is 0 Å². The molecular formula is C17H11F2N3O3. The fourth-order valence-electron chi connectivity index (χ4n) is 2.27. The first-order chi connectivity index (χ1) is 12.0. The highest BCUT2D eigenvalue weighted by Crippen LogP contribution is 2.23. The van der Waals surface area contributed by atoms with E-state index in [-0.39, 0.29) is 5.69 Å². The van der Waals surface area contributed by atoms with Gasteiger partial charge in [0.1, 0.15) is 11.6 Å². The van der Waals surface area contributed by atoms with Crippen LogP contribution in [0.25, 0.3) is 0 Å². The van der Waals surface area contributed by atoms with Gasteiger partial charge in [0.2, 0.25) is 5.91 Å². The molecule has 0 aliphatic carbocycles. The first kappa shape index (κ1) is 16.4. The molecule has 1 N–H and O–H groups in total. The van der Waals surface area contributed by atoms with Crippen molar-refractivity contribution in [3.63, 3.8) is 0 Å². The quantitative estimate of drug-likeness (QED) is 0.687. The van der Waals surface area contributed by atoms with E-state index < -0.39 is 35.4 Å². The maximum atomic E-state index is 13.9. The second-order valence-electron chi connectivity index (χ2n) is 5.15. The fraction of sp³-hybridized carbons (Fsp3) is 0.0588. The van der Waals surface area contributed by atoms with Gasteiger partial charge in [-0.25, -0.2) is 18.5 Å². The molecule has 2 aromatic carbocycles. The maximum Gasteiger partial charge on any atom is 0.335 e. The van der Waals surface area contributed by atoms with Crippen LogP contribution in [0.2, 0.25) is 0 Å². The first-order valence-electron chi connectivity index (χ1n) is 7.20. The number of benzene rings is 2. The lowest BCUT2D eigenvalue weighted by Crippen LogP contribution is -2.58. The van der Waals surface area contributed by atoms with Gasteiger partial charge in [-0.15, -0.1) is 0 Å². The molecule has 6 nitrogen and oxygen atoms in total. The Morgan fingerprint density at radius 1 is 1.00 bits per heavy atom. The summed E-state index contributed by atoms with van der Waals surface area (Å²) in [6.45, 7) is 0. The number of urea groups is 1. The summed E-state index contributed by atoms with van der Waals surface area (Å²) in [6.07, 6.45) is 1.03. The van der Waals surface area contributed by atoms with Gasteiger partial charge in [0.05, 0.1) is 11.4 Å². The number of carbonyl (C=O) groups is 3. The third kappa shape index (κ3) is 3.27. The molecule has 25 heavy (non-hydrogen) atoms. The van der Waals surface area contributed by atoms with Gasteiger partial charge in [0.25, 0.3) is 5.91 Å². The Kier molecular flexibility index (Phi) is 4.34. The van der Waals surface area contributed by atoms with Crippen LogP contribution in [0.3, 0.4) is 0 Å². The monoisotopic (exact) mass is 343 g/mol. The Labute approximate surface area is 140 Å². The number of hydrogen-bond acceptors (Lipinski definition) is 4. The van der Waals surface area contributed by atoms with Crippen LogP contribution < -0.4 is 10.2 Å². The molecule has 1 fully saturated rings. The van der Waals surface area contributed by atoms with Crippen LogP contribution >= 0.6 is 0 Å². The van der Waals surface area contributed by atoms with Crippen LogP contribution in [0.1, 0.15) is 0 Å². The van der Waals surface area contributed by atoms with E-state index in [1.807, 2.05) is 5.32 Å². The van der Waals surface area contributed by atoms with E-state index in [0.717, 1.165) is 12.3 Å². The highest BCUT2D eigenvalue weighted by molar-refractivity contribution is 6.32. The Bertz CT molecular complexity index is 881. The molecule has 1 saturated heterocycles. The highest BCUT2D eigenvalue weighted by atomic mass is 19.1. The van der Waals surface area contributed by atoms with Crippen molar-refractivity contribution < 1.29 is 23.2 Å². The molecule has 126 valence electrons. The average molecular weight is 343 g/mol. The van der Waals surface area contributed by atoms with Crippen molar-refractivity contribution in [2.24, 2.45) is 10.9 Å². The molecule has 0 unspecified atom stereocenters. The largest absolute Gasteiger partial charge is 0.335 e. The Morgan fingerprint density at radius 2 is 1.68 bits per heavy atom. The molecule has 1 aliphatic heterocycles. The molecule has 1 heterocycles. The average Bonchev–Trinajstić information content (AvgIpc) is 2.57. The number of nitrogens with zero attached hydrogens (tertiary/aromatic N) is 2. The van der Waals surface area contributed by atoms with Gasteiger partial charge >= 0.3 is 6.03 Å². The van der Waals surface area contributed by atoms with Crippen molar-refractivity contribution in [1.82, 2.24) is 5.32 Å². The Morgan fingerprint density at radius 3 is 2.36 bits per heavy atom. The van der Waals surface area contributed by atoms with Gasteiger partial charge in [0.15, 0.2) is 5.92 Å². The van der Waals surface area contributed by atoms with Crippen LogP contribution in [0, 0.1) is 17.6 Å². The third-order valence-electron chi connectivity index (χ3n) is 3.49. The number of hydrogen-bond donors (Lipinski definition) is 1. The lowest BCUT2D eigenvalue weighted by molar-refractivity contribution is -0.131. The van der Waals surface area contributed by atoms with Crippen LogP contribution in [-0.2, 0) is 9.59 Å². The number of barbiturate groups is 1. The van der Waals surface area contributed by atoms with E-state index in [9.17, 15) is 23.2 Å². The predicted octanol–water partition coefficient (Wildman–Crippen LogP) is 2.57. The predicted molar refractivity (Wildman–Crippen MR) is 85.5 cm³/mol. The topological polar surface area (TPSA) is 78.8 Å². The normalized spacial score (nSPS) is 17.9. The molecule has 3 rings (SSSR count). The van der Waals surface area contributed by atoms with Crippen molar-refractivity contribution in [2.45, 2.75) is 0 Å². The molecule has 0 radical (unpaired) electrons. The van der Waals surface area contributed by atoms with Gasteiger partial charge < -0.3 is 0 Å². The zero-order valence-corrected chi connectivity index (χ0v) is 12.6. The summed E-state index contributed by atoms with van der Waals surface area (Å²) in [5, 5.41) is 1.99. The number of rotatable bonds is 3. The minimum Gasteiger partial charge on any atom is -0.276 e. The molecular weight excluding hydrogens is 332 g/mol. The van der Waals surface area contributed by atoms with Gasteiger partial charge in [-0.05, 0) is 36.4 Å². The van der Waals surface area contributed by atoms with Crippen molar-refractivity contribution in [3.05, 3.63) is 60.2 Å². The van der Waals surface area contributed by atoms with Crippen LogP contribution in [0.4, 0.5) is 25.0 Å². The Hall–Kier alpha value is -3.42. The highest BCUT2D eigenvalue weighted by Gasteiger charge is 2.41. The smallest absolute Gasteiger partial charge is 0.276 e. The van der Waals surface area contributed by atoms with Crippen LogP contribution in [0.15, 0.2) is 53.5 Å². The summed E-state index contributed by atoms with van der Waals surface area (Å²) in [5.74, 6) is -4.45. The molecule has 0 aromatic heterocycles. The minimum absolute atomic E-state index is 0.266. The SMILES string of the molecule is O=C1NC(=O)N(c2ccccc2F)C(=O)[C@H]1C=Nc1ccc(F)cc1. The molecule has 0 spiro atoms. The summed E-state index contributed by atoms with van der Waals surface area (Å²) in [4.78, 5) is 40.9. The summed E-state index contributed by atoms with van der Waals surface area (Å²) >= 11 is 0. The van der Waals surface area contributed by atoms with Gasteiger partial charge in [-0.2, -0.15) is 0 Å². The van der Waals surface area contributed by atoms with Gasteiger partial charge in [-0.1, -0.05) is 12.1 Å². The maximum absolute atomic E-state index is 13.9. The molecule has 0 saturated carbocycles. The second-order valence-corrected chi connectivity index (χ2v) is 5.15. The third-order valence-corrected chi connectivity index (χ3v) is 3.49. The second kappa shape index (κ2) is 6.60. The minimum atomic E-state index is -1.41. The molecule has 2 aromatic rings. The van der Waals surface area contributed by atoms with E-state index in [0.29, 0.717) is 10.6 Å². The zero-order chi connectivity index (χ0) is 18.0. The summed E-state index contributed by atoms with van der Waals surface area (Å²) < 4.78 is 26.8. The lowest BCUT2D eigenvalue weighted by Gasteiger charge is -2.28. The summed E-state index contributed by atoms with van der Waals surface area (Å²) in [5.41, 5.74) is 0.0500. The number of amides is 4. The van der Waals surface area contributed by atoms with Gasteiger partial charge in [-0.3, -0.25) is 19.9 Å². The summed E-state index contributed by atoms with van der Waals surface area (Å²) in [7, 11) is 0. The van der Waals surface area contributed by atoms with Crippen molar-refractivity contribution in [2.75, 3.05) is 4.90 Å². The van der Waals surface area contributed by atoms with E-state index in [2.05, 4.69) is 4.99 Å². The number of nitrogens with one attached hydrogen (secondary N) is 1. The van der Waals surface area contributed by atoms with Crippen molar-refractivity contribution >= 4 is 35.4 Å². The first-order valence-corrected chi connectivity index (χ1v) is 7.20. The number of halogens is 2. The van der Waals surface area contributed by atoms with Crippen molar-refractivity contribution in [3.8, 4) is 0 Å². The van der Waals surface area contributed by atoms with E-state index in [1.54, 1.807) is 0 Å². The molecule has 1 atom stereocenters. The number of para-hydroxylation sites is 1. The number of imide groups is 2. The number of carbonyl (C=O) groups excluding carboxylic acids is 3. The number of aliphatic imine (C=N–C) groups is 1. The molecule has 0 bridgehead atoms. The molecule has 4 amide bonds.